The lowest BCUT2D eigenvalue weighted by Gasteiger charge is -2.26. The van der Waals surface area contributed by atoms with Gasteiger partial charge in [0.05, 0.1) is 0 Å². The Morgan fingerprint density at radius 3 is 2.64 bits per heavy atom. The van der Waals surface area contributed by atoms with E-state index in [2.05, 4.69) is 37.3 Å². The van der Waals surface area contributed by atoms with Gasteiger partial charge in [0.15, 0.2) is 9.04 Å². The van der Waals surface area contributed by atoms with Gasteiger partial charge in [0.1, 0.15) is 0 Å². The molecule has 14 heavy (non-hydrogen) atoms. The molecule has 0 spiro atoms. The third-order valence-electron chi connectivity index (χ3n) is 3.10. The molecule has 1 aliphatic rings. The summed E-state index contributed by atoms with van der Waals surface area (Å²) in [6, 6.07) is 12.2. The van der Waals surface area contributed by atoms with Crippen molar-refractivity contribution in [2.45, 2.75) is 31.4 Å². The third kappa shape index (κ3) is 2.25. The fraction of sp³-hybridized carbons (Fsp3) is 0.500. The molecule has 0 N–H and O–H groups in total. The van der Waals surface area contributed by atoms with Crippen LogP contribution in [-0.2, 0) is 4.43 Å². The van der Waals surface area contributed by atoms with Crippen molar-refractivity contribution in [3.8, 4) is 0 Å². The number of rotatable bonds is 2. The first-order valence-corrected chi connectivity index (χ1v) is 7.50. The predicted molar refractivity (Wildman–Crippen MR) is 62.0 cm³/mol. The lowest BCUT2D eigenvalue weighted by atomic mass is 10.2. The summed E-state index contributed by atoms with van der Waals surface area (Å²) in [5.74, 6) is 0. The molecule has 2 rings (SSSR count). The lowest BCUT2D eigenvalue weighted by molar-refractivity contribution is 0.281. The number of hydrogen-bond acceptors (Lipinski definition) is 1. The Bertz CT molecular complexity index is 267. The highest BCUT2D eigenvalue weighted by Gasteiger charge is 2.23. The van der Waals surface area contributed by atoms with Gasteiger partial charge in [-0.2, -0.15) is 0 Å². The van der Waals surface area contributed by atoms with Crippen LogP contribution in [0.5, 0.6) is 0 Å². The molecule has 2 atom stereocenters. The highest BCUT2D eigenvalue weighted by atomic mass is 28.3. The van der Waals surface area contributed by atoms with Crippen LogP contribution in [0.1, 0.15) is 30.9 Å². The molecule has 0 radical (unpaired) electrons. The van der Waals surface area contributed by atoms with E-state index in [9.17, 15) is 0 Å². The maximum atomic E-state index is 5.93. The summed E-state index contributed by atoms with van der Waals surface area (Å²) in [5.41, 5.74) is 2.14. The number of benzene rings is 1. The summed E-state index contributed by atoms with van der Waals surface area (Å²) >= 11 is 0. The van der Waals surface area contributed by atoms with Crippen LogP contribution in [0.15, 0.2) is 30.3 Å². The summed E-state index contributed by atoms with van der Waals surface area (Å²) in [6.07, 6.45) is 2.65. The molecule has 0 amide bonds. The molecule has 1 aromatic rings. The van der Waals surface area contributed by atoms with E-state index in [1.54, 1.807) is 0 Å². The van der Waals surface area contributed by atoms with Crippen LogP contribution in [0, 0.1) is 0 Å². The van der Waals surface area contributed by atoms with E-state index in [4.69, 9.17) is 4.43 Å². The van der Waals surface area contributed by atoms with E-state index in [0.717, 1.165) is 6.61 Å². The fourth-order valence-corrected chi connectivity index (χ4v) is 4.90. The minimum atomic E-state index is -0.947. The van der Waals surface area contributed by atoms with E-state index >= 15 is 0 Å². The molecule has 0 bridgehead atoms. The third-order valence-corrected chi connectivity index (χ3v) is 6.24. The summed E-state index contributed by atoms with van der Waals surface area (Å²) in [4.78, 5) is 0. The average Bonchev–Trinajstić information content (AvgIpc) is 2.30. The van der Waals surface area contributed by atoms with Crippen molar-refractivity contribution in [1.82, 2.24) is 0 Å². The second kappa shape index (κ2) is 4.76. The Morgan fingerprint density at radius 1 is 1.21 bits per heavy atom. The SMILES string of the molecule is CC(c1ccccc1)[SiH]1CCCCO1. The molecule has 1 nitrogen and oxygen atoms in total. The highest BCUT2D eigenvalue weighted by Crippen LogP contribution is 2.25. The molecule has 2 unspecified atom stereocenters. The van der Waals surface area contributed by atoms with Crippen LogP contribution in [0.25, 0.3) is 0 Å². The molecule has 0 aliphatic carbocycles. The van der Waals surface area contributed by atoms with Crippen LogP contribution < -0.4 is 0 Å². The molecule has 1 fully saturated rings. The van der Waals surface area contributed by atoms with Gasteiger partial charge in [0.2, 0.25) is 0 Å². The predicted octanol–water partition coefficient (Wildman–Crippen LogP) is 2.86. The van der Waals surface area contributed by atoms with Crippen molar-refractivity contribution < 1.29 is 4.43 Å². The van der Waals surface area contributed by atoms with Crippen molar-refractivity contribution in [3.63, 3.8) is 0 Å². The van der Waals surface area contributed by atoms with Crippen LogP contribution in [0.2, 0.25) is 6.04 Å². The monoisotopic (exact) mass is 206 g/mol. The quantitative estimate of drug-likeness (QED) is 0.676. The molecule has 1 aliphatic heterocycles. The molecule has 76 valence electrons. The second-order valence-electron chi connectivity index (χ2n) is 4.10. The van der Waals surface area contributed by atoms with Crippen molar-refractivity contribution in [3.05, 3.63) is 35.9 Å². The van der Waals surface area contributed by atoms with Crippen molar-refractivity contribution in [1.29, 1.82) is 0 Å². The standard InChI is InChI=1S/C12H18OSi/c1-11(12-7-3-2-4-8-12)14-10-6-5-9-13-14/h2-4,7-8,11,14H,5-6,9-10H2,1H3. The van der Waals surface area contributed by atoms with E-state index in [-0.39, 0.29) is 0 Å². The van der Waals surface area contributed by atoms with Crippen LogP contribution in [0.4, 0.5) is 0 Å². The van der Waals surface area contributed by atoms with Gasteiger partial charge in [0.25, 0.3) is 0 Å². The van der Waals surface area contributed by atoms with Gasteiger partial charge in [-0.15, -0.1) is 0 Å². The Hall–Kier alpha value is -0.603. The summed E-state index contributed by atoms with van der Waals surface area (Å²) < 4.78 is 5.93. The van der Waals surface area contributed by atoms with Crippen LogP contribution in [0.3, 0.4) is 0 Å². The molecular weight excluding hydrogens is 188 g/mol. The smallest absolute Gasteiger partial charge is 0.184 e. The Labute approximate surface area is 87.8 Å². The molecule has 0 saturated carbocycles. The van der Waals surface area contributed by atoms with Gasteiger partial charge >= 0.3 is 0 Å². The van der Waals surface area contributed by atoms with Gasteiger partial charge < -0.3 is 4.43 Å². The molecule has 2 heteroatoms. The maximum absolute atomic E-state index is 5.93. The first-order chi connectivity index (χ1) is 6.88. The van der Waals surface area contributed by atoms with Gasteiger partial charge in [-0.1, -0.05) is 43.7 Å². The van der Waals surface area contributed by atoms with Gasteiger partial charge in [-0.05, 0) is 23.6 Å². The van der Waals surface area contributed by atoms with Gasteiger partial charge in [-0.3, -0.25) is 0 Å². The fourth-order valence-electron chi connectivity index (χ4n) is 2.13. The Morgan fingerprint density at radius 2 is 2.00 bits per heavy atom. The average molecular weight is 206 g/mol. The topological polar surface area (TPSA) is 9.23 Å². The van der Waals surface area contributed by atoms with Crippen molar-refractivity contribution >= 4 is 9.04 Å². The summed E-state index contributed by atoms with van der Waals surface area (Å²) in [6.45, 7) is 3.34. The molecule has 0 aromatic heterocycles. The highest BCUT2D eigenvalue weighted by molar-refractivity contribution is 6.53. The van der Waals surface area contributed by atoms with Gasteiger partial charge in [0, 0.05) is 6.61 Å². The van der Waals surface area contributed by atoms with Crippen molar-refractivity contribution in [2.24, 2.45) is 0 Å². The normalized spacial score (nSPS) is 24.5. The van der Waals surface area contributed by atoms with E-state index in [1.165, 1.54) is 24.4 Å². The zero-order chi connectivity index (χ0) is 9.80. The Balaban J connectivity index is 2.03. The second-order valence-corrected chi connectivity index (χ2v) is 7.09. The zero-order valence-corrected chi connectivity index (χ0v) is 9.93. The largest absolute Gasteiger partial charge is 0.419 e. The summed E-state index contributed by atoms with van der Waals surface area (Å²) in [7, 11) is -0.947. The Kier molecular flexibility index (Phi) is 3.38. The van der Waals surface area contributed by atoms with Crippen LogP contribution >= 0.6 is 0 Å². The lowest BCUT2D eigenvalue weighted by Crippen LogP contribution is -2.29. The van der Waals surface area contributed by atoms with Gasteiger partial charge in [-0.25, -0.2) is 0 Å². The minimum absolute atomic E-state index is 0.677. The molecule has 1 aromatic carbocycles. The van der Waals surface area contributed by atoms with Crippen molar-refractivity contribution in [2.75, 3.05) is 6.61 Å². The first kappa shape index (κ1) is 9.93. The zero-order valence-electron chi connectivity index (χ0n) is 8.78. The first-order valence-electron chi connectivity index (χ1n) is 5.54. The summed E-state index contributed by atoms with van der Waals surface area (Å²) in [5, 5.41) is 0. The maximum Gasteiger partial charge on any atom is 0.184 e. The molecule has 1 saturated heterocycles. The number of hydrogen-bond donors (Lipinski definition) is 0. The van der Waals surface area contributed by atoms with E-state index < -0.39 is 9.04 Å². The van der Waals surface area contributed by atoms with Crippen LogP contribution in [-0.4, -0.2) is 15.6 Å². The van der Waals surface area contributed by atoms with E-state index in [0.29, 0.717) is 5.54 Å². The molecule has 1 heterocycles. The minimum Gasteiger partial charge on any atom is -0.419 e. The molecular formula is C12H18OSi. The van der Waals surface area contributed by atoms with E-state index in [1.807, 2.05) is 0 Å².